The summed E-state index contributed by atoms with van der Waals surface area (Å²) in [5.74, 6) is 0.380. The summed E-state index contributed by atoms with van der Waals surface area (Å²) in [5, 5.41) is 0.977. The van der Waals surface area contributed by atoms with Crippen molar-refractivity contribution in [3.05, 3.63) is 101 Å². The molecule has 3 rings (SSSR count). The van der Waals surface area contributed by atoms with E-state index in [1.165, 1.54) is 0 Å². The van der Waals surface area contributed by atoms with Crippen LogP contribution in [0, 0.1) is 0 Å². The zero-order valence-electron chi connectivity index (χ0n) is 14.5. The van der Waals surface area contributed by atoms with E-state index in [1.54, 1.807) is 22.9 Å². The standard InChI is InChI=1S/C21H20N3OP/c1-24-14-17(21(25)16-8-5-9-18(26)13-16)10-11-20(24)23-19(22)12-15-6-3-2-4-7-15/h2-14H,22,26H2,1H3/b19-12+,23-20-. The number of carbonyl (C=O) groups is 1. The molecule has 130 valence electrons. The van der Waals surface area contributed by atoms with Crippen LogP contribution in [0.5, 0.6) is 0 Å². The third-order valence-corrected chi connectivity index (χ3v) is 4.23. The number of nitrogens with zero attached hydrogens (tertiary/aromatic N) is 2. The van der Waals surface area contributed by atoms with Crippen molar-refractivity contribution in [2.24, 2.45) is 17.8 Å². The topological polar surface area (TPSA) is 60.4 Å². The number of aryl methyl sites for hydroxylation is 1. The molecule has 0 aliphatic carbocycles. The zero-order chi connectivity index (χ0) is 18.5. The van der Waals surface area contributed by atoms with Gasteiger partial charge in [0.25, 0.3) is 0 Å². The maximum Gasteiger partial charge on any atom is 0.194 e. The SMILES string of the molecule is Cn1cc(C(=O)c2cccc(P)c2)cc/c1=N/C(N)=C/c1ccccc1. The Morgan fingerprint density at radius 1 is 1.04 bits per heavy atom. The lowest BCUT2D eigenvalue weighted by Gasteiger charge is -2.06. The van der Waals surface area contributed by atoms with Gasteiger partial charge in [-0.3, -0.25) is 4.79 Å². The van der Waals surface area contributed by atoms with Gasteiger partial charge in [0.2, 0.25) is 0 Å². The summed E-state index contributed by atoms with van der Waals surface area (Å²) >= 11 is 0. The van der Waals surface area contributed by atoms with Crippen LogP contribution < -0.4 is 16.5 Å². The van der Waals surface area contributed by atoms with Crippen LogP contribution in [0.4, 0.5) is 0 Å². The molecule has 0 spiro atoms. The van der Waals surface area contributed by atoms with E-state index in [1.807, 2.05) is 67.7 Å². The molecule has 0 saturated heterocycles. The molecule has 1 unspecified atom stereocenters. The first-order chi connectivity index (χ1) is 12.5. The third kappa shape index (κ3) is 4.35. The van der Waals surface area contributed by atoms with E-state index in [0.29, 0.717) is 22.4 Å². The van der Waals surface area contributed by atoms with E-state index in [-0.39, 0.29) is 5.78 Å². The first-order valence-electron chi connectivity index (χ1n) is 8.17. The van der Waals surface area contributed by atoms with Crippen molar-refractivity contribution in [1.29, 1.82) is 0 Å². The molecule has 0 bridgehead atoms. The lowest BCUT2D eigenvalue weighted by atomic mass is 10.1. The number of hydrogen-bond donors (Lipinski definition) is 1. The van der Waals surface area contributed by atoms with Crippen LogP contribution in [0.2, 0.25) is 0 Å². The van der Waals surface area contributed by atoms with E-state index in [9.17, 15) is 4.79 Å². The maximum atomic E-state index is 12.6. The van der Waals surface area contributed by atoms with E-state index in [2.05, 4.69) is 14.2 Å². The highest BCUT2D eigenvalue weighted by molar-refractivity contribution is 7.27. The second-order valence-electron chi connectivity index (χ2n) is 5.93. The fourth-order valence-corrected chi connectivity index (χ4v) is 2.87. The Morgan fingerprint density at radius 2 is 1.81 bits per heavy atom. The summed E-state index contributed by atoms with van der Waals surface area (Å²) in [7, 11) is 4.45. The number of ketones is 1. The van der Waals surface area contributed by atoms with Crippen molar-refractivity contribution in [3.63, 3.8) is 0 Å². The van der Waals surface area contributed by atoms with Gasteiger partial charge in [0.05, 0.1) is 0 Å². The summed E-state index contributed by atoms with van der Waals surface area (Å²) in [4.78, 5) is 17.1. The Kier molecular flexibility index (Phi) is 5.45. The molecule has 0 aliphatic rings. The molecule has 1 heterocycles. The quantitative estimate of drug-likeness (QED) is 0.574. The lowest BCUT2D eigenvalue weighted by Crippen LogP contribution is -2.20. The molecule has 2 N–H and O–H groups in total. The van der Waals surface area contributed by atoms with Gasteiger partial charge >= 0.3 is 0 Å². The Labute approximate surface area is 154 Å². The minimum absolute atomic E-state index is 0.0238. The summed E-state index contributed by atoms with van der Waals surface area (Å²) < 4.78 is 1.80. The molecule has 0 amide bonds. The first-order valence-corrected chi connectivity index (χ1v) is 8.74. The van der Waals surface area contributed by atoms with Gasteiger partial charge in [-0.25, -0.2) is 4.99 Å². The van der Waals surface area contributed by atoms with Crippen LogP contribution in [0.25, 0.3) is 6.08 Å². The summed E-state index contributed by atoms with van der Waals surface area (Å²) in [5.41, 5.74) is 8.95. The highest BCUT2D eigenvalue weighted by Gasteiger charge is 2.09. The van der Waals surface area contributed by atoms with E-state index in [0.717, 1.165) is 10.9 Å². The van der Waals surface area contributed by atoms with Crippen LogP contribution in [-0.4, -0.2) is 10.4 Å². The molecule has 3 aromatic rings. The van der Waals surface area contributed by atoms with Crippen LogP contribution in [0.15, 0.2) is 83.7 Å². The smallest absolute Gasteiger partial charge is 0.194 e. The molecular formula is C21H20N3OP. The highest BCUT2D eigenvalue weighted by Crippen LogP contribution is 2.08. The Bertz CT molecular complexity index is 1040. The van der Waals surface area contributed by atoms with Gasteiger partial charge in [0.1, 0.15) is 11.3 Å². The molecule has 26 heavy (non-hydrogen) atoms. The van der Waals surface area contributed by atoms with Crippen molar-refractivity contribution in [1.82, 2.24) is 4.57 Å². The van der Waals surface area contributed by atoms with Gasteiger partial charge in [0.15, 0.2) is 5.78 Å². The number of hydrogen-bond acceptors (Lipinski definition) is 3. The maximum absolute atomic E-state index is 12.6. The van der Waals surface area contributed by atoms with E-state index < -0.39 is 0 Å². The molecule has 1 atom stereocenters. The number of pyridine rings is 1. The summed E-state index contributed by atoms with van der Waals surface area (Å²) in [6, 6.07) is 20.8. The largest absolute Gasteiger partial charge is 0.384 e. The molecular weight excluding hydrogens is 341 g/mol. The van der Waals surface area contributed by atoms with Gasteiger partial charge in [-0.2, -0.15) is 0 Å². The number of nitrogens with two attached hydrogens (primary N) is 1. The molecule has 1 aromatic heterocycles. The van der Waals surface area contributed by atoms with Gasteiger partial charge < -0.3 is 10.3 Å². The Morgan fingerprint density at radius 3 is 2.50 bits per heavy atom. The highest BCUT2D eigenvalue weighted by atomic mass is 31.0. The molecule has 4 nitrogen and oxygen atoms in total. The predicted molar refractivity (Wildman–Crippen MR) is 109 cm³/mol. The fourth-order valence-electron chi connectivity index (χ4n) is 2.58. The number of benzene rings is 2. The predicted octanol–water partition coefficient (Wildman–Crippen LogP) is 2.61. The van der Waals surface area contributed by atoms with Crippen molar-refractivity contribution in [2.45, 2.75) is 0 Å². The monoisotopic (exact) mass is 361 g/mol. The van der Waals surface area contributed by atoms with E-state index >= 15 is 0 Å². The average Bonchev–Trinajstić information content (AvgIpc) is 2.63. The van der Waals surface area contributed by atoms with Crippen molar-refractivity contribution in [3.8, 4) is 0 Å². The van der Waals surface area contributed by atoms with Gasteiger partial charge in [-0.15, -0.1) is 9.24 Å². The Hall–Kier alpha value is -2.97. The third-order valence-electron chi connectivity index (χ3n) is 3.87. The van der Waals surface area contributed by atoms with Crippen molar-refractivity contribution in [2.75, 3.05) is 0 Å². The molecule has 5 heteroatoms. The average molecular weight is 361 g/mol. The first kappa shape index (κ1) is 17.8. The minimum atomic E-state index is -0.0238. The van der Waals surface area contributed by atoms with Crippen molar-refractivity contribution < 1.29 is 4.79 Å². The molecule has 0 saturated carbocycles. The second kappa shape index (κ2) is 7.94. The summed E-state index contributed by atoms with van der Waals surface area (Å²) in [6.45, 7) is 0. The number of carbonyl (C=O) groups excluding carboxylic acids is 1. The van der Waals surface area contributed by atoms with E-state index in [4.69, 9.17) is 5.73 Å². The normalized spacial score (nSPS) is 12.2. The van der Waals surface area contributed by atoms with Gasteiger partial charge in [0, 0.05) is 24.4 Å². The fraction of sp³-hybridized carbons (Fsp3) is 0.0476. The molecule has 0 radical (unpaired) electrons. The lowest BCUT2D eigenvalue weighted by molar-refractivity contribution is 0.103. The van der Waals surface area contributed by atoms with Crippen molar-refractivity contribution >= 4 is 26.4 Å². The Balaban J connectivity index is 1.90. The van der Waals surface area contributed by atoms with Crippen LogP contribution in [0.3, 0.4) is 0 Å². The molecule has 2 aromatic carbocycles. The second-order valence-corrected chi connectivity index (χ2v) is 6.60. The molecule has 0 fully saturated rings. The number of aromatic nitrogens is 1. The van der Waals surface area contributed by atoms with Crippen LogP contribution in [0.1, 0.15) is 21.5 Å². The number of rotatable bonds is 4. The van der Waals surface area contributed by atoms with Gasteiger partial charge in [-0.05, 0) is 35.1 Å². The minimum Gasteiger partial charge on any atom is -0.384 e. The van der Waals surface area contributed by atoms with Gasteiger partial charge in [-0.1, -0.05) is 48.5 Å². The zero-order valence-corrected chi connectivity index (χ0v) is 15.6. The molecule has 0 aliphatic heterocycles. The van der Waals surface area contributed by atoms with Crippen LogP contribution >= 0.6 is 9.24 Å². The summed E-state index contributed by atoms with van der Waals surface area (Å²) in [6.07, 6.45) is 3.58. The van der Waals surface area contributed by atoms with Crippen LogP contribution in [-0.2, 0) is 7.05 Å².